The number of carbonyl (C=O) groups excluding carboxylic acids is 2. The molecule has 148 valence electrons. The normalized spacial score (nSPS) is 19.7. The standard InChI is InChI=1S/C22H18BrNO5/c1-2-9-24-18-7-5-15(23)11-17(18)22(27,21(24)26)12-16(25)6-3-14-4-8-19-20(10-14)29-13-28-19/h2-8,10-11,27H,1,9,12-13H2/b6-3-/t22-/m0/s1. The van der Waals surface area contributed by atoms with Crippen molar-refractivity contribution < 1.29 is 24.2 Å². The highest BCUT2D eigenvalue weighted by atomic mass is 79.9. The second-order valence-electron chi connectivity index (χ2n) is 6.82. The molecule has 2 aliphatic heterocycles. The first kappa shape index (κ1) is 19.4. The van der Waals surface area contributed by atoms with Crippen LogP contribution in [-0.2, 0) is 15.2 Å². The molecule has 0 fully saturated rings. The Hall–Kier alpha value is -2.90. The second-order valence-corrected chi connectivity index (χ2v) is 7.73. The van der Waals surface area contributed by atoms with Crippen LogP contribution in [0.5, 0.6) is 11.5 Å². The largest absolute Gasteiger partial charge is 0.454 e. The third-order valence-electron chi connectivity index (χ3n) is 4.89. The van der Waals surface area contributed by atoms with E-state index in [0.29, 0.717) is 27.2 Å². The Balaban J connectivity index is 1.58. The third-order valence-corrected chi connectivity index (χ3v) is 5.39. The van der Waals surface area contributed by atoms with E-state index < -0.39 is 11.5 Å². The summed E-state index contributed by atoms with van der Waals surface area (Å²) < 4.78 is 11.3. The van der Waals surface area contributed by atoms with Crippen LogP contribution in [0.4, 0.5) is 5.69 Å². The molecular formula is C22H18BrNO5. The number of nitrogens with zero attached hydrogens (tertiary/aromatic N) is 1. The summed E-state index contributed by atoms with van der Waals surface area (Å²) in [7, 11) is 0. The zero-order valence-corrected chi connectivity index (χ0v) is 17.0. The number of rotatable bonds is 6. The van der Waals surface area contributed by atoms with E-state index >= 15 is 0 Å². The number of carbonyl (C=O) groups is 2. The molecule has 0 aromatic heterocycles. The number of ether oxygens (including phenoxy) is 2. The van der Waals surface area contributed by atoms with Crippen molar-refractivity contribution in [2.45, 2.75) is 12.0 Å². The van der Waals surface area contributed by atoms with Crippen molar-refractivity contribution in [2.24, 2.45) is 0 Å². The van der Waals surface area contributed by atoms with Gasteiger partial charge in [-0.3, -0.25) is 9.59 Å². The number of hydrogen-bond acceptors (Lipinski definition) is 5. The summed E-state index contributed by atoms with van der Waals surface area (Å²) in [5.41, 5.74) is -0.182. The van der Waals surface area contributed by atoms with Gasteiger partial charge in [-0.2, -0.15) is 0 Å². The molecule has 0 radical (unpaired) electrons. The maximum atomic E-state index is 12.9. The van der Waals surface area contributed by atoms with Crippen LogP contribution in [0.25, 0.3) is 6.08 Å². The molecule has 29 heavy (non-hydrogen) atoms. The van der Waals surface area contributed by atoms with E-state index in [1.807, 2.05) is 0 Å². The number of halogens is 1. The molecular weight excluding hydrogens is 438 g/mol. The molecule has 0 bridgehead atoms. The summed E-state index contributed by atoms with van der Waals surface area (Å²) in [6.45, 7) is 4.08. The summed E-state index contributed by atoms with van der Waals surface area (Å²) in [6, 6.07) is 10.5. The first-order valence-electron chi connectivity index (χ1n) is 8.98. The van der Waals surface area contributed by atoms with Crippen LogP contribution < -0.4 is 14.4 Å². The van der Waals surface area contributed by atoms with Crippen molar-refractivity contribution in [1.29, 1.82) is 0 Å². The van der Waals surface area contributed by atoms with E-state index in [1.165, 1.54) is 11.0 Å². The minimum absolute atomic E-state index is 0.173. The second kappa shape index (κ2) is 7.50. The van der Waals surface area contributed by atoms with Crippen LogP contribution >= 0.6 is 15.9 Å². The molecule has 7 heteroatoms. The number of amides is 1. The molecule has 0 aliphatic carbocycles. The molecule has 2 aromatic rings. The van der Waals surface area contributed by atoms with Gasteiger partial charge in [0, 0.05) is 16.6 Å². The number of fused-ring (bicyclic) bond motifs is 2. The number of hydrogen-bond donors (Lipinski definition) is 1. The molecule has 2 aromatic carbocycles. The van der Waals surface area contributed by atoms with Gasteiger partial charge < -0.3 is 19.5 Å². The van der Waals surface area contributed by atoms with Crippen molar-refractivity contribution in [3.63, 3.8) is 0 Å². The van der Waals surface area contributed by atoms with E-state index in [1.54, 1.807) is 48.6 Å². The molecule has 0 saturated carbocycles. The van der Waals surface area contributed by atoms with E-state index in [4.69, 9.17) is 9.47 Å². The van der Waals surface area contributed by atoms with Gasteiger partial charge in [0.1, 0.15) is 0 Å². The average Bonchev–Trinajstić information content (AvgIpc) is 3.24. The average molecular weight is 456 g/mol. The zero-order chi connectivity index (χ0) is 20.6. The number of anilines is 1. The molecule has 1 amide bonds. The fourth-order valence-electron chi connectivity index (χ4n) is 3.52. The maximum absolute atomic E-state index is 12.9. The van der Waals surface area contributed by atoms with E-state index in [-0.39, 0.29) is 25.5 Å². The Kier molecular flexibility index (Phi) is 5.02. The Bertz CT molecular complexity index is 1050. The maximum Gasteiger partial charge on any atom is 0.264 e. The molecule has 0 saturated heterocycles. The van der Waals surface area contributed by atoms with Crippen molar-refractivity contribution in [2.75, 3.05) is 18.2 Å². The Morgan fingerprint density at radius 2 is 2.03 bits per heavy atom. The first-order chi connectivity index (χ1) is 13.9. The van der Waals surface area contributed by atoms with Crippen LogP contribution in [0.2, 0.25) is 0 Å². The van der Waals surface area contributed by atoms with E-state index in [2.05, 4.69) is 22.5 Å². The third kappa shape index (κ3) is 3.47. The van der Waals surface area contributed by atoms with Crippen LogP contribution in [0.3, 0.4) is 0 Å². The fraction of sp³-hybridized carbons (Fsp3) is 0.182. The predicted octanol–water partition coefficient (Wildman–Crippen LogP) is 3.57. The van der Waals surface area contributed by atoms with Gasteiger partial charge in [-0.15, -0.1) is 6.58 Å². The topological polar surface area (TPSA) is 76.1 Å². The van der Waals surface area contributed by atoms with Gasteiger partial charge in [0.25, 0.3) is 5.91 Å². The minimum atomic E-state index is -1.92. The zero-order valence-electron chi connectivity index (χ0n) is 15.4. The lowest BCUT2D eigenvalue weighted by Gasteiger charge is -2.21. The summed E-state index contributed by atoms with van der Waals surface area (Å²) in [5, 5.41) is 11.2. The highest BCUT2D eigenvalue weighted by Crippen LogP contribution is 2.43. The van der Waals surface area contributed by atoms with E-state index in [9.17, 15) is 14.7 Å². The monoisotopic (exact) mass is 455 g/mol. The molecule has 2 heterocycles. The van der Waals surface area contributed by atoms with Crippen LogP contribution in [0.15, 0.2) is 59.6 Å². The summed E-state index contributed by atoms with van der Waals surface area (Å²) in [4.78, 5) is 27.0. The smallest absolute Gasteiger partial charge is 0.264 e. The van der Waals surface area contributed by atoms with Crippen molar-refractivity contribution in [1.82, 2.24) is 0 Å². The molecule has 0 spiro atoms. The van der Waals surface area contributed by atoms with Gasteiger partial charge >= 0.3 is 0 Å². The quantitative estimate of drug-likeness (QED) is 0.532. The van der Waals surface area contributed by atoms with Gasteiger partial charge in [0.2, 0.25) is 6.79 Å². The molecule has 1 atom stereocenters. The van der Waals surface area contributed by atoms with Crippen molar-refractivity contribution in [3.8, 4) is 11.5 Å². The molecule has 1 N–H and O–H groups in total. The van der Waals surface area contributed by atoms with Gasteiger partial charge in [-0.1, -0.05) is 34.1 Å². The predicted molar refractivity (Wildman–Crippen MR) is 112 cm³/mol. The summed E-state index contributed by atoms with van der Waals surface area (Å²) >= 11 is 3.37. The highest BCUT2D eigenvalue weighted by molar-refractivity contribution is 9.10. The van der Waals surface area contributed by atoms with Gasteiger partial charge in [0.05, 0.1) is 12.1 Å². The van der Waals surface area contributed by atoms with Gasteiger partial charge in [-0.05, 0) is 42.0 Å². The van der Waals surface area contributed by atoms with Crippen molar-refractivity contribution in [3.05, 3.63) is 70.7 Å². The summed E-state index contributed by atoms with van der Waals surface area (Å²) in [6.07, 6.45) is 4.20. The van der Waals surface area contributed by atoms with Gasteiger partial charge in [0.15, 0.2) is 22.9 Å². The number of aliphatic hydroxyl groups is 1. The number of benzene rings is 2. The Morgan fingerprint density at radius 3 is 2.83 bits per heavy atom. The SMILES string of the molecule is C=CCN1C(=O)[C@](O)(CC(=O)/C=C\c2ccc3c(c2)OCO3)c2cc(Br)ccc21. The summed E-state index contributed by atoms with van der Waals surface area (Å²) in [5.74, 6) is 0.368. The highest BCUT2D eigenvalue weighted by Gasteiger charge is 2.50. The molecule has 6 nitrogen and oxygen atoms in total. The number of allylic oxidation sites excluding steroid dienone is 1. The van der Waals surface area contributed by atoms with Crippen LogP contribution in [0.1, 0.15) is 17.5 Å². The Morgan fingerprint density at radius 1 is 1.24 bits per heavy atom. The lowest BCUT2D eigenvalue weighted by Crippen LogP contribution is -2.41. The molecule has 4 rings (SSSR count). The molecule has 0 unspecified atom stereocenters. The van der Waals surface area contributed by atoms with Gasteiger partial charge in [-0.25, -0.2) is 0 Å². The first-order valence-corrected chi connectivity index (χ1v) is 9.77. The lowest BCUT2D eigenvalue weighted by atomic mass is 9.89. The minimum Gasteiger partial charge on any atom is -0.454 e. The van der Waals surface area contributed by atoms with Crippen molar-refractivity contribution >= 4 is 39.4 Å². The fourth-order valence-corrected chi connectivity index (χ4v) is 3.88. The molecule has 2 aliphatic rings. The van der Waals surface area contributed by atoms with Crippen LogP contribution in [-0.4, -0.2) is 30.1 Å². The number of ketones is 1. The Labute approximate surface area is 176 Å². The van der Waals surface area contributed by atoms with Crippen LogP contribution in [0, 0.1) is 0 Å². The lowest BCUT2D eigenvalue weighted by molar-refractivity contribution is -0.140. The van der Waals surface area contributed by atoms with E-state index in [0.717, 1.165) is 5.56 Å².